The fourth-order valence-electron chi connectivity index (χ4n) is 5.08. The Balaban J connectivity index is 1.93. The first-order valence-corrected chi connectivity index (χ1v) is 16.0. The van der Waals surface area contributed by atoms with Crippen LogP contribution < -0.4 is 9.47 Å². The van der Waals surface area contributed by atoms with Crippen LogP contribution in [-0.2, 0) is 28.5 Å². The van der Waals surface area contributed by atoms with Gasteiger partial charge in [0.25, 0.3) is 0 Å². The summed E-state index contributed by atoms with van der Waals surface area (Å²) in [6.45, 7) is 13.2. The van der Waals surface area contributed by atoms with Crippen LogP contribution in [0.5, 0.6) is 11.5 Å². The van der Waals surface area contributed by atoms with E-state index in [1.165, 1.54) is 13.8 Å². The summed E-state index contributed by atoms with van der Waals surface area (Å²) < 4.78 is 35.7. The minimum atomic E-state index is -0.549. The van der Waals surface area contributed by atoms with Crippen molar-refractivity contribution in [2.75, 3.05) is 39.6 Å². The lowest BCUT2D eigenvalue weighted by Gasteiger charge is -2.23. The summed E-state index contributed by atoms with van der Waals surface area (Å²) in [5.74, 6) is 0.615. The van der Waals surface area contributed by atoms with Gasteiger partial charge in [-0.25, -0.2) is 0 Å². The van der Waals surface area contributed by atoms with Crippen LogP contribution in [0.1, 0.15) is 77.3 Å². The van der Waals surface area contributed by atoms with Gasteiger partial charge in [0.05, 0.1) is 13.2 Å². The second-order valence-electron chi connectivity index (χ2n) is 11.4. The Hall–Kier alpha value is -3.36. The molecule has 242 valence electrons. The maximum absolute atomic E-state index is 11.9. The van der Waals surface area contributed by atoms with Crippen LogP contribution in [0.3, 0.4) is 0 Å². The molecule has 0 aliphatic heterocycles. The largest absolute Gasteiger partial charge is 0.488 e. The number of fused-ring (bicyclic) bond motifs is 2. The number of ether oxygens (including phenoxy) is 6. The Morgan fingerprint density at radius 3 is 1.36 bits per heavy atom. The third-order valence-electron chi connectivity index (χ3n) is 7.21. The van der Waals surface area contributed by atoms with E-state index in [-0.39, 0.29) is 38.4 Å². The molecule has 3 aromatic rings. The van der Waals surface area contributed by atoms with Gasteiger partial charge in [0, 0.05) is 48.6 Å². The van der Waals surface area contributed by atoms with Gasteiger partial charge < -0.3 is 28.4 Å². The first-order chi connectivity index (χ1) is 21.2. The van der Waals surface area contributed by atoms with Gasteiger partial charge in [0.2, 0.25) is 0 Å². The van der Waals surface area contributed by atoms with Crippen molar-refractivity contribution in [2.24, 2.45) is 0 Å². The Kier molecular flexibility index (Phi) is 14.7. The van der Waals surface area contributed by atoms with E-state index >= 15 is 0 Å². The molecule has 0 bridgehead atoms. The normalized spacial score (nSPS) is 12.7. The average molecular weight is 611 g/mol. The molecule has 0 aliphatic rings. The molecule has 44 heavy (non-hydrogen) atoms. The van der Waals surface area contributed by atoms with Crippen LogP contribution in [0.2, 0.25) is 0 Å². The molecule has 0 radical (unpaired) electrons. The van der Waals surface area contributed by atoms with E-state index in [0.717, 1.165) is 71.2 Å². The monoisotopic (exact) mass is 610 g/mol. The number of carbonyl (C=O) groups excluding carboxylic acids is 2. The fraction of sp³-hybridized carbons (Fsp3) is 0.556. The van der Waals surface area contributed by atoms with Crippen molar-refractivity contribution >= 4 is 33.5 Å². The van der Waals surface area contributed by atoms with Crippen LogP contribution in [0.4, 0.5) is 0 Å². The molecule has 8 nitrogen and oxygen atoms in total. The van der Waals surface area contributed by atoms with Crippen LogP contribution in [0, 0.1) is 13.8 Å². The third kappa shape index (κ3) is 11.0. The van der Waals surface area contributed by atoms with Gasteiger partial charge in [-0.15, -0.1) is 0 Å². The quantitative estimate of drug-likeness (QED) is 0.0732. The number of aryl methyl sites for hydroxylation is 2. The second kappa shape index (κ2) is 18.4. The standard InChI is InChI=1S/C36H50O8/c1-7-9-11-17-39-21-29(43-27(5)37)23-41-35-31-15-13-26(4)20-34(31)36(32-16-14-25(3)19-33(32)35)42-24-30(44-28(6)38)22-40-18-12-10-8-2/h13-16,19-20,29-30H,7-12,17-18,21-24H2,1-6H3. The maximum Gasteiger partial charge on any atom is 0.303 e. The zero-order chi connectivity index (χ0) is 31.9. The molecule has 0 heterocycles. The molecule has 2 unspecified atom stereocenters. The molecular formula is C36H50O8. The number of benzene rings is 3. The zero-order valence-electron chi connectivity index (χ0n) is 27.4. The fourth-order valence-corrected chi connectivity index (χ4v) is 5.08. The van der Waals surface area contributed by atoms with Crippen molar-refractivity contribution in [1.82, 2.24) is 0 Å². The molecule has 0 fully saturated rings. The van der Waals surface area contributed by atoms with E-state index in [2.05, 4.69) is 26.0 Å². The highest BCUT2D eigenvalue weighted by atomic mass is 16.6. The van der Waals surface area contributed by atoms with Gasteiger partial charge in [-0.3, -0.25) is 9.59 Å². The summed E-state index contributed by atoms with van der Waals surface area (Å²) in [6, 6.07) is 12.3. The van der Waals surface area contributed by atoms with E-state index in [1.807, 2.05) is 38.1 Å². The maximum atomic E-state index is 11.9. The van der Waals surface area contributed by atoms with E-state index in [9.17, 15) is 9.59 Å². The first-order valence-electron chi connectivity index (χ1n) is 16.0. The molecule has 0 spiro atoms. The summed E-state index contributed by atoms with van der Waals surface area (Å²) in [4.78, 5) is 23.7. The third-order valence-corrected chi connectivity index (χ3v) is 7.21. The summed E-state index contributed by atoms with van der Waals surface area (Å²) in [7, 11) is 0. The molecule has 3 aromatic carbocycles. The highest BCUT2D eigenvalue weighted by molar-refractivity contribution is 6.11. The van der Waals surface area contributed by atoms with E-state index in [4.69, 9.17) is 28.4 Å². The number of hydrogen-bond donors (Lipinski definition) is 0. The minimum absolute atomic E-state index is 0.142. The Morgan fingerprint density at radius 2 is 1.00 bits per heavy atom. The van der Waals surface area contributed by atoms with Crippen LogP contribution in [0.25, 0.3) is 21.5 Å². The summed E-state index contributed by atoms with van der Waals surface area (Å²) in [6.07, 6.45) is 5.22. The number of carbonyl (C=O) groups is 2. The second-order valence-corrected chi connectivity index (χ2v) is 11.4. The number of esters is 2. The molecule has 0 aliphatic carbocycles. The average Bonchev–Trinajstić information content (AvgIpc) is 2.97. The number of hydrogen-bond acceptors (Lipinski definition) is 8. The number of unbranched alkanes of at least 4 members (excludes halogenated alkanes) is 4. The topological polar surface area (TPSA) is 89.5 Å². The Morgan fingerprint density at radius 1 is 0.591 bits per heavy atom. The van der Waals surface area contributed by atoms with Crippen molar-refractivity contribution in [3.05, 3.63) is 47.5 Å². The summed E-state index contributed by atoms with van der Waals surface area (Å²) in [5, 5.41) is 3.49. The van der Waals surface area contributed by atoms with Crippen molar-refractivity contribution in [3.63, 3.8) is 0 Å². The van der Waals surface area contributed by atoms with E-state index in [0.29, 0.717) is 24.7 Å². The Labute approximate surface area is 262 Å². The molecule has 0 saturated heterocycles. The van der Waals surface area contributed by atoms with Gasteiger partial charge in [0.1, 0.15) is 24.7 Å². The van der Waals surface area contributed by atoms with Gasteiger partial charge >= 0.3 is 11.9 Å². The molecule has 0 aromatic heterocycles. The number of rotatable bonds is 20. The lowest BCUT2D eigenvalue weighted by atomic mass is 9.97. The van der Waals surface area contributed by atoms with E-state index in [1.54, 1.807) is 0 Å². The molecule has 0 N–H and O–H groups in total. The van der Waals surface area contributed by atoms with Crippen molar-refractivity contribution in [3.8, 4) is 11.5 Å². The lowest BCUT2D eigenvalue weighted by Crippen LogP contribution is -2.29. The molecule has 8 heteroatoms. The lowest BCUT2D eigenvalue weighted by molar-refractivity contribution is -0.152. The molecule has 0 saturated carbocycles. The highest BCUT2D eigenvalue weighted by Crippen LogP contribution is 2.43. The Bertz CT molecular complexity index is 1250. The van der Waals surface area contributed by atoms with Crippen LogP contribution in [0.15, 0.2) is 36.4 Å². The smallest absolute Gasteiger partial charge is 0.303 e. The summed E-state index contributed by atoms with van der Waals surface area (Å²) >= 11 is 0. The van der Waals surface area contributed by atoms with Gasteiger partial charge in [-0.1, -0.05) is 74.9 Å². The summed E-state index contributed by atoms with van der Waals surface area (Å²) in [5.41, 5.74) is 2.13. The molecule has 3 rings (SSSR count). The van der Waals surface area contributed by atoms with Gasteiger partial charge in [-0.2, -0.15) is 0 Å². The predicted molar refractivity (Wildman–Crippen MR) is 174 cm³/mol. The molecule has 0 amide bonds. The molecular weight excluding hydrogens is 560 g/mol. The highest BCUT2D eigenvalue weighted by Gasteiger charge is 2.22. The van der Waals surface area contributed by atoms with Crippen molar-refractivity contribution < 1.29 is 38.0 Å². The van der Waals surface area contributed by atoms with Crippen molar-refractivity contribution in [2.45, 2.75) is 92.3 Å². The molecule has 2 atom stereocenters. The van der Waals surface area contributed by atoms with Crippen LogP contribution in [-0.4, -0.2) is 63.8 Å². The van der Waals surface area contributed by atoms with Gasteiger partial charge in [-0.05, 0) is 38.8 Å². The van der Waals surface area contributed by atoms with Crippen molar-refractivity contribution in [1.29, 1.82) is 0 Å². The zero-order valence-corrected chi connectivity index (χ0v) is 27.4. The first kappa shape index (κ1) is 35.1. The van der Waals surface area contributed by atoms with Gasteiger partial charge in [0.15, 0.2) is 12.2 Å². The predicted octanol–water partition coefficient (Wildman–Crippen LogP) is 7.64. The van der Waals surface area contributed by atoms with E-state index < -0.39 is 12.2 Å². The SMILES string of the molecule is CCCCCOCC(COc1c2ccc(C)cc2c(OCC(COCCCCC)OC(C)=O)c2ccc(C)cc12)OC(C)=O. The minimum Gasteiger partial charge on any atom is -0.488 e. The van der Waals surface area contributed by atoms with Crippen LogP contribution >= 0.6 is 0 Å².